The number of hydrogen-bond acceptors (Lipinski definition) is 5. The third-order valence-electron chi connectivity index (χ3n) is 2.64. The molecular weight excluding hydrogens is 264 g/mol. The summed E-state index contributed by atoms with van der Waals surface area (Å²) in [6, 6.07) is 6.84. The van der Waals surface area contributed by atoms with E-state index in [0.717, 1.165) is 0 Å². The molecule has 0 bridgehead atoms. The first kappa shape index (κ1) is 13.3. The Kier molecular flexibility index (Phi) is 3.69. The summed E-state index contributed by atoms with van der Waals surface area (Å²) in [5.74, 6) is -0.00197. The topological polar surface area (TPSA) is 86.3 Å². The van der Waals surface area contributed by atoms with Gasteiger partial charge in [0.05, 0.1) is 18.4 Å². The smallest absolute Gasteiger partial charge is 0.262 e. The number of amides is 1. The average molecular weight is 276 g/mol. The van der Waals surface area contributed by atoms with Crippen LogP contribution in [0.5, 0.6) is 0 Å². The van der Waals surface area contributed by atoms with Crippen LogP contribution in [-0.4, -0.2) is 17.6 Å². The molecule has 2 heterocycles. The maximum atomic E-state index is 11.9. The van der Waals surface area contributed by atoms with Gasteiger partial charge in [-0.3, -0.25) is 4.79 Å². The Labute approximate surface area is 114 Å². The van der Waals surface area contributed by atoms with Crippen molar-refractivity contribution in [1.82, 2.24) is 5.32 Å². The summed E-state index contributed by atoms with van der Waals surface area (Å²) >= 11 is 1.19. The van der Waals surface area contributed by atoms with Crippen molar-refractivity contribution < 1.29 is 14.3 Å². The van der Waals surface area contributed by atoms with E-state index >= 15 is 0 Å². The van der Waals surface area contributed by atoms with Gasteiger partial charge in [-0.15, -0.1) is 11.3 Å². The lowest BCUT2D eigenvalue weighted by Gasteiger charge is -2.20. The van der Waals surface area contributed by atoms with Gasteiger partial charge >= 0.3 is 0 Å². The van der Waals surface area contributed by atoms with E-state index in [4.69, 9.17) is 9.68 Å². The lowest BCUT2D eigenvalue weighted by molar-refractivity contribution is 0.0331. The van der Waals surface area contributed by atoms with E-state index in [1.54, 1.807) is 30.5 Å². The quantitative estimate of drug-likeness (QED) is 0.892. The molecule has 0 aliphatic rings. The zero-order chi connectivity index (χ0) is 13.9. The fourth-order valence-electron chi connectivity index (χ4n) is 1.58. The summed E-state index contributed by atoms with van der Waals surface area (Å²) in [6.07, 6.45) is 1.46. The third kappa shape index (κ3) is 2.84. The molecule has 98 valence electrons. The van der Waals surface area contributed by atoms with Crippen molar-refractivity contribution in [2.45, 2.75) is 12.5 Å². The molecule has 0 saturated carbocycles. The fraction of sp³-hybridized carbons (Fsp3) is 0.231. The number of hydrogen-bond donors (Lipinski definition) is 2. The van der Waals surface area contributed by atoms with E-state index < -0.39 is 5.60 Å². The number of thiophene rings is 1. The van der Waals surface area contributed by atoms with Gasteiger partial charge in [0.15, 0.2) is 0 Å². The van der Waals surface area contributed by atoms with Crippen molar-refractivity contribution >= 4 is 17.2 Å². The number of nitrogens with one attached hydrogen (secondary N) is 1. The van der Waals surface area contributed by atoms with E-state index in [1.165, 1.54) is 17.6 Å². The van der Waals surface area contributed by atoms with Gasteiger partial charge < -0.3 is 14.8 Å². The van der Waals surface area contributed by atoms with Crippen LogP contribution in [0, 0.1) is 11.3 Å². The van der Waals surface area contributed by atoms with Gasteiger partial charge in [-0.2, -0.15) is 5.26 Å². The number of nitrogens with zero attached hydrogens (tertiary/aromatic N) is 1. The SMILES string of the molecule is CC(O)(CNC(=O)c1sccc1C#N)c1ccco1. The molecule has 5 nitrogen and oxygen atoms in total. The summed E-state index contributed by atoms with van der Waals surface area (Å²) in [5, 5.41) is 23.3. The maximum absolute atomic E-state index is 11.9. The van der Waals surface area contributed by atoms with Crippen LogP contribution in [0.2, 0.25) is 0 Å². The normalized spacial score (nSPS) is 13.5. The third-order valence-corrected chi connectivity index (χ3v) is 3.55. The van der Waals surface area contributed by atoms with E-state index in [0.29, 0.717) is 16.2 Å². The molecule has 0 aliphatic heterocycles. The van der Waals surface area contributed by atoms with Crippen LogP contribution in [0.3, 0.4) is 0 Å². The van der Waals surface area contributed by atoms with E-state index in [-0.39, 0.29) is 12.5 Å². The molecule has 19 heavy (non-hydrogen) atoms. The van der Waals surface area contributed by atoms with Crippen LogP contribution >= 0.6 is 11.3 Å². The number of nitriles is 1. The molecule has 0 aliphatic carbocycles. The Morgan fingerprint density at radius 1 is 1.63 bits per heavy atom. The lowest BCUT2D eigenvalue weighted by Crippen LogP contribution is -2.38. The predicted molar refractivity (Wildman–Crippen MR) is 69.6 cm³/mol. The molecule has 2 aromatic heterocycles. The summed E-state index contributed by atoms with van der Waals surface area (Å²) < 4.78 is 5.12. The van der Waals surface area contributed by atoms with E-state index in [2.05, 4.69) is 5.32 Å². The molecule has 6 heteroatoms. The van der Waals surface area contributed by atoms with Gasteiger partial charge in [0.1, 0.15) is 22.3 Å². The van der Waals surface area contributed by atoms with Crippen molar-refractivity contribution in [2.24, 2.45) is 0 Å². The maximum Gasteiger partial charge on any atom is 0.262 e. The van der Waals surface area contributed by atoms with Crippen molar-refractivity contribution in [3.63, 3.8) is 0 Å². The number of furan rings is 1. The summed E-state index contributed by atoms with van der Waals surface area (Å²) in [5.41, 5.74) is -0.955. The molecule has 1 unspecified atom stereocenters. The van der Waals surface area contributed by atoms with E-state index in [1.807, 2.05) is 6.07 Å². The van der Waals surface area contributed by atoms with Crippen molar-refractivity contribution in [2.75, 3.05) is 6.54 Å². The van der Waals surface area contributed by atoms with Crippen LogP contribution in [0.1, 0.15) is 27.9 Å². The van der Waals surface area contributed by atoms with Gasteiger partial charge in [-0.25, -0.2) is 0 Å². The second-order valence-corrected chi connectivity index (χ2v) is 5.13. The molecule has 2 N–H and O–H groups in total. The van der Waals surface area contributed by atoms with Crippen LogP contribution in [-0.2, 0) is 5.60 Å². The van der Waals surface area contributed by atoms with Crippen LogP contribution in [0.15, 0.2) is 34.3 Å². The molecule has 1 atom stereocenters. The zero-order valence-electron chi connectivity index (χ0n) is 10.2. The van der Waals surface area contributed by atoms with Gasteiger partial charge in [-0.1, -0.05) is 0 Å². The Balaban J connectivity index is 2.04. The average Bonchev–Trinajstić information content (AvgIpc) is 3.06. The molecule has 1 amide bonds. The van der Waals surface area contributed by atoms with Gasteiger partial charge in [-0.05, 0) is 30.5 Å². The highest BCUT2D eigenvalue weighted by Crippen LogP contribution is 2.21. The Morgan fingerprint density at radius 2 is 2.42 bits per heavy atom. The number of rotatable bonds is 4. The molecule has 0 aromatic carbocycles. The predicted octanol–water partition coefficient (Wildman–Crippen LogP) is 1.85. The fourth-order valence-corrected chi connectivity index (χ4v) is 2.34. The van der Waals surface area contributed by atoms with Crippen LogP contribution in [0.25, 0.3) is 0 Å². The Bertz CT molecular complexity index is 608. The molecule has 0 saturated heterocycles. The molecule has 0 radical (unpaired) electrons. The van der Waals surface area contributed by atoms with Gasteiger partial charge in [0.25, 0.3) is 5.91 Å². The van der Waals surface area contributed by atoms with Crippen LogP contribution < -0.4 is 5.32 Å². The first-order valence-electron chi connectivity index (χ1n) is 5.57. The summed E-state index contributed by atoms with van der Waals surface area (Å²) in [7, 11) is 0. The Morgan fingerprint density at radius 3 is 3.05 bits per heavy atom. The lowest BCUT2D eigenvalue weighted by atomic mass is 10.0. The first-order valence-corrected chi connectivity index (χ1v) is 6.45. The summed E-state index contributed by atoms with van der Waals surface area (Å²) in [4.78, 5) is 12.3. The first-order chi connectivity index (χ1) is 9.04. The minimum atomic E-state index is -1.29. The van der Waals surface area contributed by atoms with Crippen molar-refractivity contribution in [3.05, 3.63) is 46.0 Å². The molecule has 0 spiro atoms. The second-order valence-electron chi connectivity index (χ2n) is 4.21. The number of carbonyl (C=O) groups is 1. The highest BCUT2D eigenvalue weighted by Gasteiger charge is 2.27. The minimum Gasteiger partial charge on any atom is -0.466 e. The largest absolute Gasteiger partial charge is 0.466 e. The number of aliphatic hydroxyl groups is 1. The Hall–Kier alpha value is -2.10. The molecular formula is C13H12N2O3S. The van der Waals surface area contributed by atoms with Gasteiger partial charge in [0, 0.05) is 0 Å². The molecule has 2 rings (SSSR count). The van der Waals surface area contributed by atoms with Gasteiger partial charge in [0.2, 0.25) is 0 Å². The van der Waals surface area contributed by atoms with Crippen molar-refractivity contribution in [3.8, 4) is 6.07 Å². The van der Waals surface area contributed by atoms with Crippen molar-refractivity contribution in [1.29, 1.82) is 5.26 Å². The summed E-state index contributed by atoms with van der Waals surface area (Å²) in [6.45, 7) is 1.55. The minimum absolute atomic E-state index is 0.00210. The standard InChI is InChI=1S/C13H12N2O3S/c1-13(17,10-3-2-5-18-10)8-15-12(16)11-9(7-14)4-6-19-11/h2-6,17H,8H2,1H3,(H,15,16). The molecule has 0 fully saturated rings. The zero-order valence-corrected chi connectivity index (χ0v) is 11.0. The molecule has 2 aromatic rings. The highest BCUT2D eigenvalue weighted by atomic mass is 32.1. The number of carbonyl (C=O) groups excluding carboxylic acids is 1. The van der Waals surface area contributed by atoms with E-state index in [9.17, 15) is 9.90 Å². The highest BCUT2D eigenvalue weighted by molar-refractivity contribution is 7.12. The second kappa shape index (κ2) is 5.26. The van der Waals surface area contributed by atoms with Crippen LogP contribution in [0.4, 0.5) is 0 Å². The monoisotopic (exact) mass is 276 g/mol.